The van der Waals surface area contributed by atoms with Gasteiger partial charge in [-0.1, -0.05) is 25.5 Å². The molecule has 7 heteroatoms. The molecule has 0 saturated carbocycles. The first kappa shape index (κ1) is 23.3. The van der Waals surface area contributed by atoms with Gasteiger partial charge in [-0.3, -0.25) is 4.79 Å². The molecular weight excluding hydrogens is 385 g/mol. The van der Waals surface area contributed by atoms with Crippen molar-refractivity contribution in [1.82, 2.24) is 0 Å². The fraction of sp³-hybridized carbons (Fsp3) is 0.591. The smallest absolute Gasteiger partial charge is 0.416 e. The van der Waals surface area contributed by atoms with Gasteiger partial charge in [0.1, 0.15) is 12.4 Å². The maximum absolute atomic E-state index is 13.5. The number of carbonyl (C=O) groups is 1. The minimum atomic E-state index is -4.53. The first-order valence-corrected chi connectivity index (χ1v) is 10.0. The van der Waals surface area contributed by atoms with Crippen molar-refractivity contribution in [2.24, 2.45) is 5.92 Å². The maximum Gasteiger partial charge on any atom is 0.416 e. The van der Waals surface area contributed by atoms with E-state index in [1.54, 1.807) is 6.92 Å². The third-order valence-electron chi connectivity index (χ3n) is 5.16. The molecule has 0 aliphatic carbocycles. The van der Waals surface area contributed by atoms with Crippen molar-refractivity contribution in [3.63, 3.8) is 0 Å². The topological polar surface area (TPSA) is 44.8 Å². The Morgan fingerprint density at radius 3 is 2.69 bits per heavy atom. The van der Waals surface area contributed by atoms with Crippen LogP contribution in [0.25, 0.3) is 0 Å². The lowest BCUT2D eigenvalue weighted by Crippen LogP contribution is -2.20. The van der Waals surface area contributed by atoms with Gasteiger partial charge in [0.25, 0.3) is 0 Å². The molecule has 0 spiro atoms. The van der Waals surface area contributed by atoms with Crippen molar-refractivity contribution in [1.29, 1.82) is 0 Å². The molecule has 4 nitrogen and oxygen atoms in total. The Morgan fingerprint density at radius 2 is 2.03 bits per heavy atom. The largest absolute Gasteiger partial charge is 0.489 e. The Bertz CT molecular complexity index is 725. The van der Waals surface area contributed by atoms with E-state index >= 15 is 0 Å². The second-order valence-electron chi connectivity index (χ2n) is 7.15. The van der Waals surface area contributed by atoms with Crippen LogP contribution in [-0.2, 0) is 26.9 Å². The average Bonchev–Trinajstić information content (AvgIpc) is 2.70. The molecule has 0 fully saturated rings. The molecule has 1 unspecified atom stereocenters. The highest BCUT2D eigenvalue weighted by molar-refractivity contribution is 5.69. The van der Waals surface area contributed by atoms with Gasteiger partial charge < -0.3 is 14.2 Å². The van der Waals surface area contributed by atoms with E-state index in [2.05, 4.69) is 13.8 Å². The van der Waals surface area contributed by atoms with Crippen LogP contribution in [0.1, 0.15) is 51.2 Å². The van der Waals surface area contributed by atoms with Crippen LogP contribution in [0.15, 0.2) is 29.3 Å². The minimum absolute atomic E-state index is 0.0366. The summed E-state index contributed by atoms with van der Waals surface area (Å²) in [5.74, 6) is 0.0371. The average molecular weight is 414 g/mol. The summed E-state index contributed by atoms with van der Waals surface area (Å²) in [7, 11) is 0. The fourth-order valence-corrected chi connectivity index (χ4v) is 3.39. The van der Waals surface area contributed by atoms with Crippen molar-refractivity contribution in [3.05, 3.63) is 40.5 Å². The molecule has 0 aromatic heterocycles. The van der Waals surface area contributed by atoms with Crippen LogP contribution in [0.3, 0.4) is 0 Å². The lowest BCUT2D eigenvalue weighted by Gasteiger charge is -2.25. The van der Waals surface area contributed by atoms with E-state index in [0.717, 1.165) is 24.5 Å². The van der Waals surface area contributed by atoms with E-state index in [1.807, 2.05) is 0 Å². The Balaban J connectivity index is 2.15. The number of alkyl halides is 3. The van der Waals surface area contributed by atoms with Gasteiger partial charge in [-0.2, -0.15) is 13.2 Å². The van der Waals surface area contributed by atoms with Crippen LogP contribution >= 0.6 is 0 Å². The Labute approximate surface area is 170 Å². The quantitative estimate of drug-likeness (QED) is 0.404. The van der Waals surface area contributed by atoms with Gasteiger partial charge in [0, 0.05) is 6.42 Å². The second-order valence-corrected chi connectivity index (χ2v) is 7.15. The maximum atomic E-state index is 13.5. The summed E-state index contributed by atoms with van der Waals surface area (Å²) in [5, 5.41) is 0. The number of carbonyl (C=O) groups excluding carboxylic acids is 1. The highest BCUT2D eigenvalue weighted by Gasteiger charge is 2.34. The van der Waals surface area contributed by atoms with Gasteiger partial charge in [0.2, 0.25) is 0 Å². The first-order chi connectivity index (χ1) is 13.8. The lowest BCUT2D eigenvalue weighted by molar-refractivity contribution is -0.144. The molecule has 29 heavy (non-hydrogen) atoms. The van der Waals surface area contributed by atoms with E-state index in [-0.39, 0.29) is 37.4 Å². The number of rotatable bonds is 9. The third kappa shape index (κ3) is 6.77. The Morgan fingerprint density at radius 1 is 1.28 bits per heavy atom. The molecule has 1 aliphatic heterocycles. The van der Waals surface area contributed by atoms with Gasteiger partial charge in [-0.05, 0) is 55.4 Å². The first-order valence-electron chi connectivity index (χ1n) is 10.0. The molecule has 0 amide bonds. The Kier molecular flexibility index (Phi) is 8.56. The summed E-state index contributed by atoms with van der Waals surface area (Å²) >= 11 is 0. The molecule has 0 saturated heterocycles. The Hall–Kier alpha value is -2.02. The molecule has 0 radical (unpaired) electrons. The van der Waals surface area contributed by atoms with Crippen LogP contribution in [-0.4, -0.2) is 32.4 Å². The van der Waals surface area contributed by atoms with E-state index < -0.39 is 17.7 Å². The van der Waals surface area contributed by atoms with Crippen LogP contribution in [0, 0.1) is 5.92 Å². The summed E-state index contributed by atoms with van der Waals surface area (Å²) in [6, 6.07) is 3.90. The number of hydrogen-bond donors (Lipinski definition) is 0. The zero-order valence-electron chi connectivity index (χ0n) is 17.2. The number of aryl methyl sites for hydroxylation is 1. The number of ether oxygens (including phenoxy) is 3. The predicted octanol–water partition coefficient (Wildman–Crippen LogP) is 5.34. The SMILES string of the molecule is CCOC(=O)CCc1ccc(OCC2=C(C(C)CC)CCOC2)cc1C(F)(F)F. The van der Waals surface area contributed by atoms with Gasteiger partial charge in [0.05, 0.1) is 25.4 Å². The number of halogens is 3. The summed E-state index contributed by atoms with van der Waals surface area (Å²) in [4.78, 5) is 11.5. The van der Waals surface area contributed by atoms with E-state index in [0.29, 0.717) is 19.1 Å². The van der Waals surface area contributed by atoms with Crippen LogP contribution in [0.5, 0.6) is 5.75 Å². The molecule has 0 N–H and O–H groups in total. The molecule has 1 atom stereocenters. The molecule has 1 heterocycles. The normalized spacial score (nSPS) is 15.9. The van der Waals surface area contributed by atoms with Gasteiger partial charge in [-0.25, -0.2) is 0 Å². The van der Waals surface area contributed by atoms with Crippen LogP contribution in [0.4, 0.5) is 13.2 Å². The molecule has 162 valence electrons. The molecule has 1 aromatic rings. The van der Waals surface area contributed by atoms with Gasteiger partial charge in [-0.15, -0.1) is 0 Å². The molecule has 2 rings (SSSR count). The van der Waals surface area contributed by atoms with Crippen LogP contribution in [0.2, 0.25) is 0 Å². The monoisotopic (exact) mass is 414 g/mol. The van der Waals surface area contributed by atoms with Crippen LogP contribution < -0.4 is 4.74 Å². The highest BCUT2D eigenvalue weighted by atomic mass is 19.4. The van der Waals surface area contributed by atoms with Crippen molar-refractivity contribution in [2.45, 2.75) is 52.6 Å². The minimum Gasteiger partial charge on any atom is -0.489 e. The second kappa shape index (κ2) is 10.7. The van der Waals surface area contributed by atoms with E-state index in [4.69, 9.17) is 14.2 Å². The lowest BCUT2D eigenvalue weighted by atomic mass is 9.90. The zero-order valence-corrected chi connectivity index (χ0v) is 17.2. The number of hydrogen-bond acceptors (Lipinski definition) is 4. The van der Waals surface area contributed by atoms with Crippen molar-refractivity contribution in [3.8, 4) is 5.75 Å². The predicted molar refractivity (Wildman–Crippen MR) is 104 cm³/mol. The molecule has 0 bridgehead atoms. The standard InChI is InChI=1S/C22H29F3O4/c1-4-15(3)19-10-11-27-13-17(19)14-29-18-8-6-16(7-9-21(26)28-5-2)20(12-18)22(23,24)25/h6,8,12,15H,4-5,7,9-11,13-14H2,1-3H3. The zero-order chi connectivity index (χ0) is 21.4. The molecule has 1 aromatic carbocycles. The van der Waals surface area contributed by atoms with Crippen molar-refractivity contribution >= 4 is 5.97 Å². The van der Waals surface area contributed by atoms with Gasteiger partial charge >= 0.3 is 12.1 Å². The van der Waals surface area contributed by atoms with E-state index in [1.165, 1.54) is 17.7 Å². The molecule has 1 aliphatic rings. The number of esters is 1. The summed E-state index contributed by atoms with van der Waals surface area (Å²) in [6.45, 7) is 7.43. The highest BCUT2D eigenvalue weighted by Crippen LogP contribution is 2.35. The summed E-state index contributed by atoms with van der Waals surface area (Å²) < 4.78 is 56.5. The molecular formula is C22H29F3O4. The number of benzene rings is 1. The fourth-order valence-electron chi connectivity index (χ4n) is 3.39. The van der Waals surface area contributed by atoms with E-state index in [9.17, 15) is 18.0 Å². The third-order valence-corrected chi connectivity index (χ3v) is 5.16. The van der Waals surface area contributed by atoms with Crippen molar-refractivity contribution in [2.75, 3.05) is 26.4 Å². The van der Waals surface area contributed by atoms with Crippen molar-refractivity contribution < 1.29 is 32.2 Å². The summed E-state index contributed by atoms with van der Waals surface area (Å²) in [5.41, 5.74) is 1.56. The summed E-state index contributed by atoms with van der Waals surface area (Å²) in [6.07, 6.45) is -2.84. The van der Waals surface area contributed by atoms with Gasteiger partial charge in [0.15, 0.2) is 0 Å².